The van der Waals surface area contributed by atoms with E-state index < -0.39 is 0 Å². The molecule has 1 atom stereocenters. The molecule has 0 aliphatic rings. The Morgan fingerprint density at radius 1 is 0.939 bits per heavy atom. The molecule has 0 N–H and O–H groups in total. The zero-order valence-corrected chi connectivity index (χ0v) is 18.8. The van der Waals surface area contributed by atoms with Crippen molar-refractivity contribution in [2.75, 3.05) is 0 Å². The number of hydrogen-bond donors (Lipinski definition) is 0. The van der Waals surface area contributed by atoms with E-state index >= 15 is 0 Å². The van der Waals surface area contributed by atoms with Gasteiger partial charge in [0, 0.05) is 42.2 Å². The van der Waals surface area contributed by atoms with Gasteiger partial charge in [-0.3, -0.25) is 14.5 Å². The van der Waals surface area contributed by atoms with Crippen LogP contribution in [-0.2, 0) is 6.42 Å². The van der Waals surface area contributed by atoms with Crippen molar-refractivity contribution < 1.29 is 4.42 Å². The molecule has 0 spiro atoms. The molecule has 0 aliphatic heterocycles. The highest BCUT2D eigenvalue weighted by atomic mass is 35.5. The van der Waals surface area contributed by atoms with Gasteiger partial charge in [0.15, 0.2) is 5.82 Å². The van der Waals surface area contributed by atoms with E-state index in [1.165, 1.54) is 0 Å². The molecule has 5 aromatic rings. The standard InChI is InChI=1S/C24H20ClN7O/c1-15(13-21-28-31-24(33-21)18-8-7-16(2)27-14-18)22-29-30-23(17-9-11-26-12-10-17)32(22)20-6-4-3-5-19(20)25/h3-12,14-15H,13H2,1-2H3. The van der Waals surface area contributed by atoms with Crippen molar-refractivity contribution in [3.05, 3.63) is 89.6 Å². The van der Waals surface area contributed by atoms with E-state index in [9.17, 15) is 0 Å². The van der Waals surface area contributed by atoms with Crippen LogP contribution in [0.1, 0.15) is 30.3 Å². The van der Waals surface area contributed by atoms with Crippen LogP contribution in [0, 0.1) is 6.92 Å². The summed E-state index contributed by atoms with van der Waals surface area (Å²) in [5.41, 5.74) is 3.40. The summed E-state index contributed by atoms with van der Waals surface area (Å²) >= 11 is 6.56. The highest BCUT2D eigenvalue weighted by molar-refractivity contribution is 6.32. The maximum atomic E-state index is 6.56. The molecular formula is C24H20ClN7O. The maximum absolute atomic E-state index is 6.56. The van der Waals surface area contributed by atoms with E-state index in [0.717, 1.165) is 28.3 Å². The van der Waals surface area contributed by atoms with Crippen LogP contribution in [0.4, 0.5) is 0 Å². The van der Waals surface area contributed by atoms with Crippen LogP contribution in [0.5, 0.6) is 0 Å². The molecule has 0 fully saturated rings. The Balaban J connectivity index is 1.50. The third-order valence-electron chi connectivity index (χ3n) is 5.27. The van der Waals surface area contributed by atoms with Crippen LogP contribution in [0.2, 0.25) is 5.02 Å². The van der Waals surface area contributed by atoms with E-state index in [1.807, 2.05) is 66.9 Å². The molecule has 1 aromatic carbocycles. The third kappa shape index (κ3) is 4.25. The average Bonchev–Trinajstić information content (AvgIpc) is 3.48. The number of pyridine rings is 2. The zero-order chi connectivity index (χ0) is 22.8. The van der Waals surface area contributed by atoms with Gasteiger partial charge in [-0.2, -0.15) is 0 Å². The molecule has 4 heterocycles. The van der Waals surface area contributed by atoms with Crippen molar-refractivity contribution in [2.45, 2.75) is 26.2 Å². The summed E-state index contributed by atoms with van der Waals surface area (Å²) in [4.78, 5) is 8.40. The minimum atomic E-state index is -0.0752. The zero-order valence-electron chi connectivity index (χ0n) is 18.1. The quantitative estimate of drug-likeness (QED) is 0.350. The Hall–Kier alpha value is -3.91. The molecule has 8 nitrogen and oxygen atoms in total. The summed E-state index contributed by atoms with van der Waals surface area (Å²) in [5.74, 6) is 2.30. The first-order valence-electron chi connectivity index (χ1n) is 10.5. The van der Waals surface area contributed by atoms with E-state index in [1.54, 1.807) is 18.6 Å². The highest BCUT2D eigenvalue weighted by Crippen LogP contribution is 2.31. The molecule has 0 amide bonds. The summed E-state index contributed by atoms with van der Waals surface area (Å²) in [6.45, 7) is 3.98. The minimum absolute atomic E-state index is 0.0752. The Kier molecular flexibility index (Phi) is 5.66. The lowest BCUT2D eigenvalue weighted by Gasteiger charge is -2.15. The first-order valence-corrected chi connectivity index (χ1v) is 10.8. The van der Waals surface area contributed by atoms with Crippen LogP contribution < -0.4 is 0 Å². The molecule has 5 rings (SSSR count). The number of benzene rings is 1. The monoisotopic (exact) mass is 457 g/mol. The van der Waals surface area contributed by atoms with Crippen molar-refractivity contribution in [2.24, 2.45) is 0 Å². The van der Waals surface area contributed by atoms with Gasteiger partial charge < -0.3 is 4.42 Å². The van der Waals surface area contributed by atoms with E-state index in [0.29, 0.717) is 29.0 Å². The predicted molar refractivity (Wildman–Crippen MR) is 124 cm³/mol. The van der Waals surface area contributed by atoms with E-state index in [2.05, 4.69) is 30.4 Å². The second kappa shape index (κ2) is 8.91. The van der Waals surface area contributed by atoms with Gasteiger partial charge in [-0.1, -0.05) is 30.7 Å². The number of para-hydroxylation sites is 1. The molecule has 0 saturated heterocycles. The molecule has 4 aromatic heterocycles. The number of hydrogen-bond acceptors (Lipinski definition) is 7. The summed E-state index contributed by atoms with van der Waals surface area (Å²) in [6, 6.07) is 15.2. The van der Waals surface area contributed by atoms with Crippen molar-refractivity contribution >= 4 is 11.6 Å². The third-order valence-corrected chi connectivity index (χ3v) is 5.59. The van der Waals surface area contributed by atoms with Gasteiger partial charge >= 0.3 is 0 Å². The maximum Gasteiger partial charge on any atom is 0.249 e. The predicted octanol–water partition coefficient (Wildman–Crippen LogP) is 5.08. The Morgan fingerprint density at radius 3 is 2.52 bits per heavy atom. The second-order valence-electron chi connectivity index (χ2n) is 7.70. The first-order chi connectivity index (χ1) is 16.1. The fourth-order valence-electron chi connectivity index (χ4n) is 3.57. The number of rotatable bonds is 6. The number of nitrogens with zero attached hydrogens (tertiary/aromatic N) is 7. The molecular weight excluding hydrogens is 438 g/mol. The lowest BCUT2D eigenvalue weighted by molar-refractivity contribution is 0.480. The van der Waals surface area contributed by atoms with Crippen LogP contribution in [-0.4, -0.2) is 34.9 Å². The van der Waals surface area contributed by atoms with Crippen LogP contribution in [0.25, 0.3) is 28.5 Å². The van der Waals surface area contributed by atoms with Gasteiger partial charge in [-0.05, 0) is 43.3 Å². The number of halogens is 1. The topological polar surface area (TPSA) is 95.4 Å². The van der Waals surface area contributed by atoms with Gasteiger partial charge in [0.05, 0.1) is 16.3 Å². The van der Waals surface area contributed by atoms with Crippen molar-refractivity contribution in [3.63, 3.8) is 0 Å². The first kappa shape index (κ1) is 21.0. The molecule has 0 bridgehead atoms. The molecule has 9 heteroatoms. The molecule has 1 unspecified atom stereocenters. The normalized spacial score (nSPS) is 12.1. The van der Waals surface area contributed by atoms with E-state index in [4.69, 9.17) is 16.0 Å². The average molecular weight is 458 g/mol. The van der Waals surface area contributed by atoms with Crippen LogP contribution in [0.3, 0.4) is 0 Å². The van der Waals surface area contributed by atoms with Crippen molar-refractivity contribution in [3.8, 4) is 28.5 Å². The molecule has 33 heavy (non-hydrogen) atoms. The second-order valence-corrected chi connectivity index (χ2v) is 8.11. The molecule has 0 radical (unpaired) electrons. The minimum Gasteiger partial charge on any atom is -0.421 e. The summed E-state index contributed by atoms with van der Waals surface area (Å²) in [6.07, 6.45) is 5.67. The fraction of sp³-hybridized carbons (Fsp3) is 0.167. The van der Waals surface area contributed by atoms with Crippen molar-refractivity contribution in [1.29, 1.82) is 0 Å². The molecule has 0 aliphatic carbocycles. The van der Waals surface area contributed by atoms with Gasteiger partial charge in [0.25, 0.3) is 0 Å². The SMILES string of the molecule is Cc1ccc(-c2nnc(CC(C)c3nnc(-c4ccncc4)n3-c3ccccc3Cl)o2)cn1. The summed E-state index contributed by atoms with van der Waals surface area (Å²) in [7, 11) is 0. The fourth-order valence-corrected chi connectivity index (χ4v) is 3.79. The Morgan fingerprint density at radius 2 is 1.76 bits per heavy atom. The summed E-state index contributed by atoms with van der Waals surface area (Å²) < 4.78 is 7.88. The Labute approximate surface area is 195 Å². The molecule has 164 valence electrons. The Bertz CT molecular complexity index is 1380. The van der Waals surface area contributed by atoms with Crippen molar-refractivity contribution in [1.82, 2.24) is 34.9 Å². The highest BCUT2D eigenvalue weighted by Gasteiger charge is 2.23. The lowest BCUT2D eigenvalue weighted by atomic mass is 10.1. The smallest absolute Gasteiger partial charge is 0.249 e. The van der Waals surface area contributed by atoms with Crippen LogP contribution in [0.15, 0.2) is 71.5 Å². The largest absolute Gasteiger partial charge is 0.421 e. The van der Waals surface area contributed by atoms with Crippen LogP contribution >= 0.6 is 11.6 Å². The number of aryl methyl sites for hydroxylation is 1. The van der Waals surface area contributed by atoms with Gasteiger partial charge in [-0.15, -0.1) is 20.4 Å². The van der Waals surface area contributed by atoms with E-state index in [-0.39, 0.29) is 5.92 Å². The molecule has 0 saturated carbocycles. The lowest BCUT2D eigenvalue weighted by Crippen LogP contribution is -2.09. The van der Waals surface area contributed by atoms with Gasteiger partial charge in [0.2, 0.25) is 11.8 Å². The summed E-state index contributed by atoms with van der Waals surface area (Å²) in [5, 5.41) is 18.0. The number of aromatic nitrogens is 7. The van der Waals surface area contributed by atoms with Gasteiger partial charge in [0.1, 0.15) is 5.82 Å². The van der Waals surface area contributed by atoms with Gasteiger partial charge in [-0.25, -0.2) is 0 Å².